The number of nitrogens with zero attached hydrogens (tertiary/aromatic N) is 1. The van der Waals surface area contributed by atoms with Crippen molar-refractivity contribution in [3.63, 3.8) is 0 Å². The third-order valence-electron chi connectivity index (χ3n) is 8.32. The fourth-order valence-electron chi connectivity index (χ4n) is 6.07. The number of benzene rings is 4. The van der Waals surface area contributed by atoms with Crippen molar-refractivity contribution in [3.8, 4) is 17.2 Å². The number of halogens is 2. The van der Waals surface area contributed by atoms with Crippen LogP contribution in [0.25, 0.3) is 21.8 Å². The number of para-hydroxylation sites is 2. The molecule has 1 unspecified atom stereocenters. The molecule has 46 heavy (non-hydrogen) atoms. The molecule has 10 heteroatoms. The number of pyridine rings is 1. The second-order valence-corrected chi connectivity index (χ2v) is 10.9. The topological polar surface area (TPSA) is 106 Å². The van der Waals surface area contributed by atoms with Crippen LogP contribution in [0.1, 0.15) is 38.7 Å². The number of carbonyl (C=O) groups excluding carboxylic acids is 1. The maximum atomic E-state index is 15.7. The third kappa shape index (κ3) is 5.32. The lowest BCUT2D eigenvalue weighted by Crippen LogP contribution is -2.27. The van der Waals surface area contributed by atoms with E-state index in [0.717, 1.165) is 23.6 Å². The summed E-state index contributed by atoms with van der Waals surface area (Å²) in [5, 5.41) is 15.7. The van der Waals surface area contributed by atoms with E-state index in [2.05, 4.69) is 10.3 Å². The highest BCUT2D eigenvalue weighted by Gasteiger charge is 2.32. The van der Waals surface area contributed by atoms with Crippen molar-refractivity contribution in [2.45, 2.75) is 12.3 Å². The van der Waals surface area contributed by atoms with Gasteiger partial charge in [-0.15, -0.1) is 0 Å². The van der Waals surface area contributed by atoms with Crippen molar-refractivity contribution in [1.82, 2.24) is 14.9 Å². The van der Waals surface area contributed by atoms with Gasteiger partial charge in [-0.05, 0) is 60.5 Å². The van der Waals surface area contributed by atoms with Gasteiger partial charge in [-0.3, -0.25) is 9.59 Å². The first kappa shape index (κ1) is 30.4. The molecule has 6 aromatic rings. The molecule has 1 amide bonds. The zero-order chi connectivity index (χ0) is 32.5. The van der Waals surface area contributed by atoms with E-state index in [9.17, 15) is 19.1 Å². The van der Waals surface area contributed by atoms with Crippen LogP contribution >= 0.6 is 0 Å². The Bertz CT molecular complexity index is 2170. The van der Waals surface area contributed by atoms with Crippen molar-refractivity contribution in [1.29, 1.82) is 0 Å². The quantitative estimate of drug-likeness (QED) is 0.179. The third-order valence-corrected chi connectivity index (χ3v) is 8.32. The average molecular weight is 624 g/mol. The van der Waals surface area contributed by atoms with Crippen LogP contribution in [-0.4, -0.2) is 41.3 Å². The van der Waals surface area contributed by atoms with E-state index in [1.54, 1.807) is 49.5 Å². The predicted molar refractivity (Wildman–Crippen MR) is 172 cm³/mol. The van der Waals surface area contributed by atoms with Crippen molar-refractivity contribution in [2.75, 3.05) is 20.8 Å². The molecule has 0 aliphatic heterocycles. The van der Waals surface area contributed by atoms with Crippen LogP contribution in [0.5, 0.6) is 17.2 Å². The van der Waals surface area contributed by atoms with E-state index in [0.29, 0.717) is 44.7 Å². The number of amides is 1. The number of aromatic nitrogens is 2. The maximum Gasteiger partial charge on any atom is 0.258 e. The van der Waals surface area contributed by atoms with Gasteiger partial charge in [-0.1, -0.05) is 30.3 Å². The van der Waals surface area contributed by atoms with Gasteiger partial charge in [0.05, 0.1) is 36.8 Å². The molecule has 2 heterocycles. The molecule has 3 N–H and O–H groups in total. The zero-order valence-corrected chi connectivity index (χ0v) is 25.4. The minimum Gasteiger partial charge on any atom is -0.507 e. The molecule has 0 aliphatic carbocycles. The molecule has 0 radical (unpaired) electrons. The monoisotopic (exact) mass is 623 g/mol. The Morgan fingerprint density at radius 1 is 0.957 bits per heavy atom. The fraction of sp³-hybridized carbons (Fsp3) is 0.167. The van der Waals surface area contributed by atoms with Gasteiger partial charge < -0.3 is 29.4 Å². The maximum absolute atomic E-state index is 15.7. The summed E-state index contributed by atoms with van der Waals surface area (Å²) in [6.07, 6.45) is 0.256. The lowest BCUT2D eigenvalue weighted by molar-refractivity contribution is 0.0951. The number of aromatic amines is 1. The largest absolute Gasteiger partial charge is 0.507 e. The summed E-state index contributed by atoms with van der Waals surface area (Å²) in [6.45, 7) is 0.156. The van der Waals surface area contributed by atoms with Crippen LogP contribution in [0.4, 0.5) is 8.78 Å². The number of hydrogen-bond donors (Lipinski definition) is 3. The highest BCUT2D eigenvalue weighted by Crippen LogP contribution is 2.42. The normalized spacial score (nSPS) is 11.9. The molecular weight excluding hydrogens is 592 g/mol. The van der Waals surface area contributed by atoms with Crippen molar-refractivity contribution in [2.24, 2.45) is 7.05 Å². The number of nitrogens with one attached hydrogen (secondary N) is 2. The van der Waals surface area contributed by atoms with Crippen LogP contribution in [0, 0.1) is 11.6 Å². The van der Waals surface area contributed by atoms with Crippen LogP contribution in [0.15, 0.2) is 89.7 Å². The summed E-state index contributed by atoms with van der Waals surface area (Å²) in [5.41, 5.74) is 1.76. The molecule has 0 fully saturated rings. The highest BCUT2D eigenvalue weighted by molar-refractivity contribution is 5.97. The number of aromatic hydroxyl groups is 1. The van der Waals surface area contributed by atoms with Gasteiger partial charge in [-0.2, -0.15) is 0 Å². The molecule has 2 aromatic heterocycles. The summed E-state index contributed by atoms with van der Waals surface area (Å²) in [4.78, 5) is 30.5. The van der Waals surface area contributed by atoms with Crippen LogP contribution < -0.4 is 20.3 Å². The molecule has 0 spiro atoms. The molecule has 8 nitrogen and oxygen atoms in total. The van der Waals surface area contributed by atoms with E-state index in [1.807, 2.05) is 24.3 Å². The first-order valence-electron chi connectivity index (χ1n) is 14.6. The Hall–Kier alpha value is -5.64. The minimum absolute atomic E-state index is 0.106. The van der Waals surface area contributed by atoms with Crippen LogP contribution in [-0.2, 0) is 13.5 Å². The fourth-order valence-corrected chi connectivity index (χ4v) is 6.07. The van der Waals surface area contributed by atoms with Gasteiger partial charge in [-0.25, -0.2) is 8.78 Å². The lowest BCUT2D eigenvalue weighted by atomic mass is 9.84. The number of aryl methyl sites for hydroxylation is 1. The number of rotatable bonds is 9. The molecule has 234 valence electrons. The van der Waals surface area contributed by atoms with Gasteiger partial charge in [0.2, 0.25) is 0 Å². The Morgan fingerprint density at radius 3 is 2.46 bits per heavy atom. The van der Waals surface area contributed by atoms with E-state index >= 15 is 4.39 Å². The number of fused-ring (bicyclic) bond motifs is 2. The second-order valence-electron chi connectivity index (χ2n) is 10.9. The Kier molecular flexibility index (Phi) is 8.19. The van der Waals surface area contributed by atoms with E-state index in [1.165, 1.54) is 18.8 Å². The van der Waals surface area contributed by atoms with E-state index < -0.39 is 23.1 Å². The lowest BCUT2D eigenvalue weighted by Gasteiger charge is -2.22. The van der Waals surface area contributed by atoms with Crippen molar-refractivity contribution in [3.05, 3.63) is 135 Å². The van der Waals surface area contributed by atoms with E-state index in [-0.39, 0.29) is 35.7 Å². The van der Waals surface area contributed by atoms with Crippen LogP contribution in [0.2, 0.25) is 0 Å². The summed E-state index contributed by atoms with van der Waals surface area (Å²) < 4.78 is 42.4. The second kappa shape index (κ2) is 12.4. The first-order valence-corrected chi connectivity index (χ1v) is 14.6. The molecule has 1 atom stereocenters. The number of carbonyl (C=O) groups is 1. The average Bonchev–Trinajstić information content (AvgIpc) is 3.44. The zero-order valence-electron chi connectivity index (χ0n) is 25.4. The summed E-state index contributed by atoms with van der Waals surface area (Å²) >= 11 is 0. The molecular formula is C36H31F2N3O5. The van der Waals surface area contributed by atoms with Gasteiger partial charge >= 0.3 is 0 Å². The molecule has 6 rings (SSSR count). The van der Waals surface area contributed by atoms with Crippen molar-refractivity contribution >= 4 is 27.7 Å². The summed E-state index contributed by atoms with van der Waals surface area (Å²) in [6, 6.07) is 22.1. The smallest absolute Gasteiger partial charge is 0.258 e. The standard InChI is InChI=1S/C36H31F2N3O5/c1-41-29-11-7-5-9-24(29)34(42)32(36(41)44)31(26-18-20(37)12-15-27(26)38)33-23(22-8-4-6-10-28(22)40-33)16-17-39-35(43)25-14-13-21(45-2)19-30(25)46-3/h4-15,18-19,31,40,42H,16-17H2,1-3H3,(H,39,43). The van der Waals surface area contributed by atoms with Crippen molar-refractivity contribution < 1.29 is 28.2 Å². The molecule has 0 saturated carbocycles. The molecule has 4 aromatic carbocycles. The Balaban J connectivity index is 1.49. The highest BCUT2D eigenvalue weighted by atomic mass is 19.1. The Morgan fingerprint density at radius 2 is 1.70 bits per heavy atom. The van der Waals surface area contributed by atoms with Crippen LogP contribution in [0.3, 0.4) is 0 Å². The van der Waals surface area contributed by atoms with Gasteiger partial charge in [0.1, 0.15) is 28.9 Å². The summed E-state index contributed by atoms with van der Waals surface area (Å²) in [7, 11) is 4.55. The van der Waals surface area contributed by atoms with E-state index in [4.69, 9.17) is 9.47 Å². The number of methoxy groups -OCH3 is 2. The summed E-state index contributed by atoms with van der Waals surface area (Å²) in [5.74, 6) is -2.49. The molecule has 0 saturated heterocycles. The molecule has 0 bridgehead atoms. The van der Waals surface area contributed by atoms with Gasteiger partial charge in [0, 0.05) is 47.2 Å². The number of hydrogen-bond acceptors (Lipinski definition) is 5. The number of ether oxygens (including phenoxy) is 2. The minimum atomic E-state index is -1.22. The first-order chi connectivity index (χ1) is 22.2. The predicted octanol–water partition coefficient (Wildman–Crippen LogP) is 6.17. The van der Waals surface area contributed by atoms with Gasteiger partial charge in [0.25, 0.3) is 11.5 Å². The van der Waals surface area contributed by atoms with Gasteiger partial charge in [0.15, 0.2) is 0 Å². The SMILES string of the molecule is COc1ccc(C(=O)NCCc2c(C(c3cc(F)ccc3F)c3c(O)c4ccccc4n(C)c3=O)[nH]c3ccccc23)c(OC)c1. The Labute approximate surface area is 262 Å². The molecule has 0 aliphatic rings. The number of H-pyrrole nitrogens is 1.